The summed E-state index contributed by atoms with van der Waals surface area (Å²) >= 11 is 5.97. The number of H-pyrrole nitrogens is 1. The van der Waals surface area contributed by atoms with E-state index in [-0.39, 0.29) is 0 Å². The summed E-state index contributed by atoms with van der Waals surface area (Å²) in [7, 11) is 0. The number of aromatic amines is 1. The first-order valence-electron chi connectivity index (χ1n) is 3.77. The van der Waals surface area contributed by atoms with E-state index >= 15 is 0 Å². The second-order valence-corrected chi connectivity index (χ2v) is 3.10. The predicted octanol–water partition coefficient (Wildman–Crippen LogP) is 1.26. The van der Waals surface area contributed by atoms with Crippen LogP contribution < -0.4 is 0 Å². The molecule has 0 aliphatic rings. The van der Waals surface area contributed by atoms with E-state index in [1.165, 1.54) is 0 Å². The van der Waals surface area contributed by atoms with Crippen molar-refractivity contribution in [2.24, 2.45) is 0 Å². The molecule has 2 aromatic heterocycles. The van der Waals surface area contributed by atoms with Gasteiger partial charge in [-0.1, -0.05) is 11.6 Å². The monoisotopic (exact) mass is 197 g/mol. The lowest BCUT2D eigenvalue weighted by Gasteiger charge is -1.93. The van der Waals surface area contributed by atoms with Crippen LogP contribution in [0.2, 0.25) is 5.02 Å². The van der Waals surface area contributed by atoms with E-state index in [2.05, 4.69) is 20.3 Å². The maximum Gasteiger partial charge on any atom is 0.195 e. The van der Waals surface area contributed by atoms with Crippen LogP contribution in [0.5, 0.6) is 0 Å². The Morgan fingerprint density at radius 3 is 2.69 bits per heavy atom. The first-order chi connectivity index (χ1) is 6.18. The zero-order valence-corrected chi connectivity index (χ0v) is 8.00. The standard InChI is InChI=1S/C7H8ClN5/c1-4-6(8)7(11-10-4)13-3-9-5(2)12-13/h3H,1-2H3,(H,10,11). The van der Waals surface area contributed by atoms with Crippen molar-refractivity contribution in [3.63, 3.8) is 0 Å². The molecule has 0 saturated carbocycles. The van der Waals surface area contributed by atoms with Crippen LogP contribution in [0, 0.1) is 13.8 Å². The van der Waals surface area contributed by atoms with E-state index in [0.717, 1.165) is 5.69 Å². The summed E-state index contributed by atoms with van der Waals surface area (Å²) in [5, 5.41) is 11.4. The maximum absolute atomic E-state index is 5.97. The Labute approximate surface area is 79.7 Å². The van der Waals surface area contributed by atoms with Crippen LogP contribution in [-0.2, 0) is 0 Å². The number of nitrogens with one attached hydrogen (secondary N) is 1. The second kappa shape index (κ2) is 2.85. The third kappa shape index (κ3) is 1.31. The first-order valence-corrected chi connectivity index (χ1v) is 4.15. The highest BCUT2D eigenvalue weighted by Crippen LogP contribution is 2.19. The SMILES string of the molecule is Cc1ncn(-c2n[nH]c(C)c2Cl)n1. The van der Waals surface area contributed by atoms with Crippen LogP contribution in [0.1, 0.15) is 11.5 Å². The second-order valence-electron chi connectivity index (χ2n) is 2.72. The van der Waals surface area contributed by atoms with E-state index in [1.807, 2.05) is 13.8 Å². The molecule has 0 spiro atoms. The Hall–Kier alpha value is -1.36. The van der Waals surface area contributed by atoms with Crippen molar-refractivity contribution in [2.75, 3.05) is 0 Å². The molecule has 0 radical (unpaired) electrons. The summed E-state index contributed by atoms with van der Waals surface area (Å²) in [6.07, 6.45) is 1.58. The molecule has 0 bridgehead atoms. The summed E-state index contributed by atoms with van der Waals surface area (Å²) in [5.41, 5.74) is 0.824. The molecule has 13 heavy (non-hydrogen) atoms. The van der Waals surface area contributed by atoms with Gasteiger partial charge in [0, 0.05) is 0 Å². The molecule has 6 heteroatoms. The van der Waals surface area contributed by atoms with Crippen molar-refractivity contribution in [1.29, 1.82) is 0 Å². The molecule has 5 nitrogen and oxygen atoms in total. The number of halogens is 1. The molecule has 2 heterocycles. The minimum atomic E-state index is 0.574. The molecule has 0 saturated heterocycles. The average Bonchev–Trinajstić information content (AvgIpc) is 2.62. The lowest BCUT2D eigenvalue weighted by molar-refractivity contribution is 0.822. The van der Waals surface area contributed by atoms with Crippen molar-refractivity contribution >= 4 is 11.6 Å². The number of rotatable bonds is 1. The van der Waals surface area contributed by atoms with Gasteiger partial charge in [0.15, 0.2) is 5.82 Å². The maximum atomic E-state index is 5.97. The third-order valence-corrected chi connectivity index (χ3v) is 2.13. The van der Waals surface area contributed by atoms with Gasteiger partial charge in [-0.25, -0.2) is 4.98 Å². The lowest BCUT2D eigenvalue weighted by atomic mass is 10.5. The van der Waals surface area contributed by atoms with Gasteiger partial charge in [-0.05, 0) is 13.8 Å². The number of hydrogen-bond acceptors (Lipinski definition) is 3. The Morgan fingerprint density at radius 1 is 1.46 bits per heavy atom. The predicted molar refractivity (Wildman–Crippen MR) is 48.0 cm³/mol. The zero-order chi connectivity index (χ0) is 9.42. The van der Waals surface area contributed by atoms with Crippen molar-refractivity contribution in [3.05, 3.63) is 22.9 Å². The largest absolute Gasteiger partial charge is 0.279 e. The highest BCUT2D eigenvalue weighted by molar-refractivity contribution is 6.32. The molecule has 2 aromatic rings. The summed E-state index contributed by atoms with van der Waals surface area (Å²) < 4.78 is 1.54. The van der Waals surface area contributed by atoms with E-state index in [4.69, 9.17) is 11.6 Å². The zero-order valence-electron chi connectivity index (χ0n) is 7.24. The number of hydrogen-bond donors (Lipinski definition) is 1. The molecule has 0 aliphatic heterocycles. The van der Waals surface area contributed by atoms with Crippen LogP contribution in [0.3, 0.4) is 0 Å². The van der Waals surface area contributed by atoms with E-state index < -0.39 is 0 Å². The highest BCUT2D eigenvalue weighted by atomic mass is 35.5. The van der Waals surface area contributed by atoms with Crippen LogP contribution in [-0.4, -0.2) is 25.0 Å². The summed E-state index contributed by atoms with van der Waals surface area (Å²) in [6.45, 7) is 3.66. The lowest BCUT2D eigenvalue weighted by Crippen LogP contribution is -1.95. The van der Waals surface area contributed by atoms with Crippen molar-refractivity contribution in [2.45, 2.75) is 13.8 Å². The normalized spacial score (nSPS) is 10.7. The van der Waals surface area contributed by atoms with Crippen LogP contribution in [0.15, 0.2) is 6.33 Å². The molecule has 0 aliphatic carbocycles. The Balaban J connectivity index is 2.52. The Morgan fingerprint density at radius 2 is 2.23 bits per heavy atom. The van der Waals surface area contributed by atoms with Crippen molar-refractivity contribution in [1.82, 2.24) is 25.0 Å². The van der Waals surface area contributed by atoms with Gasteiger partial charge >= 0.3 is 0 Å². The third-order valence-electron chi connectivity index (χ3n) is 1.68. The Bertz CT molecular complexity index is 430. The average molecular weight is 198 g/mol. The fourth-order valence-corrected chi connectivity index (χ4v) is 1.17. The molecular weight excluding hydrogens is 190 g/mol. The minimum Gasteiger partial charge on any atom is -0.279 e. The molecule has 0 aromatic carbocycles. The van der Waals surface area contributed by atoms with Gasteiger partial charge in [-0.3, -0.25) is 5.10 Å². The molecule has 68 valence electrons. The first kappa shape index (κ1) is 8.25. The summed E-state index contributed by atoms with van der Waals surface area (Å²) in [6, 6.07) is 0. The quantitative estimate of drug-likeness (QED) is 0.749. The minimum absolute atomic E-state index is 0.574. The summed E-state index contributed by atoms with van der Waals surface area (Å²) in [4.78, 5) is 3.98. The smallest absolute Gasteiger partial charge is 0.195 e. The Kier molecular flexibility index (Phi) is 1.81. The fourth-order valence-electron chi connectivity index (χ4n) is 1.00. The van der Waals surface area contributed by atoms with Crippen molar-refractivity contribution < 1.29 is 0 Å². The molecule has 0 unspecified atom stereocenters. The fraction of sp³-hybridized carbons (Fsp3) is 0.286. The molecule has 0 amide bonds. The topological polar surface area (TPSA) is 59.4 Å². The van der Waals surface area contributed by atoms with Gasteiger partial charge in [-0.2, -0.15) is 14.9 Å². The van der Waals surface area contributed by atoms with Crippen LogP contribution in [0.25, 0.3) is 5.82 Å². The van der Waals surface area contributed by atoms with Gasteiger partial charge in [0.05, 0.1) is 5.69 Å². The van der Waals surface area contributed by atoms with E-state index in [1.54, 1.807) is 11.0 Å². The van der Waals surface area contributed by atoms with Gasteiger partial charge in [0.25, 0.3) is 0 Å². The molecule has 2 rings (SSSR count). The highest BCUT2D eigenvalue weighted by Gasteiger charge is 2.10. The molecule has 0 fully saturated rings. The molecule has 1 N–H and O–H groups in total. The number of aryl methyl sites for hydroxylation is 2. The van der Waals surface area contributed by atoms with Crippen LogP contribution >= 0.6 is 11.6 Å². The van der Waals surface area contributed by atoms with E-state index in [9.17, 15) is 0 Å². The number of nitrogens with zero attached hydrogens (tertiary/aromatic N) is 4. The van der Waals surface area contributed by atoms with E-state index in [0.29, 0.717) is 16.7 Å². The summed E-state index contributed by atoms with van der Waals surface area (Å²) in [5.74, 6) is 1.27. The van der Waals surface area contributed by atoms with Crippen molar-refractivity contribution in [3.8, 4) is 5.82 Å². The molecule has 0 atom stereocenters. The molecular formula is C7H8ClN5. The van der Waals surface area contributed by atoms with Gasteiger partial charge < -0.3 is 0 Å². The van der Waals surface area contributed by atoms with Gasteiger partial charge in [0.2, 0.25) is 0 Å². The van der Waals surface area contributed by atoms with Gasteiger partial charge in [0.1, 0.15) is 17.2 Å². The van der Waals surface area contributed by atoms with Crippen LogP contribution in [0.4, 0.5) is 0 Å². The van der Waals surface area contributed by atoms with Gasteiger partial charge in [-0.15, -0.1) is 0 Å². The number of aromatic nitrogens is 5.